The van der Waals surface area contributed by atoms with Gasteiger partial charge in [0.25, 0.3) is 0 Å². The SMILES string of the molecule is NC(CCNCc1cccnc1)C(=O)O. The van der Waals surface area contributed by atoms with Crippen LogP contribution < -0.4 is 11.1 Å². The van der Waals surface area contributed by atoms with E-state index in [1.807, 2.05) is 12.1 Å². The zero-order valence-corrected chi connectivity index (χ0v) is 8.39. The number of pyridine rings is 1. The molecular weight excluding hydrogens is 194 g/mol. The molecule has 0 aliphatic carbocycles. The second-order valence-corrected chi connectivity index (χ2v) is 3.27. The van der Waals surface area contributed by atoms with Crippen molar-refractivity contribution in [3.63, 3.8) is 0 Å². The third kappa shape index (κ3) is 4.53. The number of aromatic nitrogens is 1. The molecule has 1 heterocycles. The second kappa shape index (κ2) is 6.10. The maximum absolute atomic E-state index is 10.4. The van der Waals surface area contributed by atoms with Crippen LogP contribution in [-0.4, -0.2) is 28.6 Å². The van der Waals surface area contributed by atoms with E-state index in [2.05, 4.69) is 10.3 Å². The number of nitrogens with two attached hydrogens (primary N) is 1. The summed E-state index contributed by atoms with van der Waals surface area (Å²) in [5.74, 6) is -0.960. The van der Waals surface area contributed by atoms with Crippen molar-refractivity contribution in [2.24, 2.45) is 5.73 Å². The molecule has 1 unspecified atom stereocenters. The van der Waals surface area contributed by atoms with Crippen LogP contribution in [0.2, 0.25) is 0 Å². The van der Waals surface area contributed by atoms with Crippen LogP contribution in [0.1, 0.15) is 12.0 Å². The Balaban J connectivity index is 2.15. The summed E-state index contributed by atoms with van der Waals surface area (Å²) in [4.78, 5) is 14.4. The van der Waals surface area contributed by atoms with Crippen molar-refractivity contribution in [3.05, 3.63) is 30.1 Å². The van der Waals surface area contributed by atoms with Gasteiger partial charge in [0.2, 0.25) is 0 Å². The number of nitrogens with one attached hydrogen (secondary N) is 1. The van der Waals surface area contributed by atoms with E-state index in [9.17, 15) is 4.79 Å². The van der Waals surface area contributed by atoms with E-state index in [4.69, 9.17) is 10.8 Å². The molecule has 0 aromatic carbocycles. The zero-order valence-electron chi connectivity index (χ0n) is 8.39. The Hall–Kier alpha value is -1.46. The summed E-state index contributed by atoms with van der Waals surface area (Å²) in [6, 6.07) is 3.03. The highest BCUT2D eigenvalue weighted by Crippen LogP contribution is 1.94. The molecule has 1 atom stereocenters. The van der Waals surface area contributed by atoms with Crippen molar-refractivity contribution >= 4 is 5.97 Å². The van der Waals surface area contributed by atoms with E-state index >= 15 is 0 Å². The monoisotopic (exact) mass is 209 g/mol. The van der Waals surface area contributed by atoms with Crippen LogP contribution in [0.3, 0.4) is 0 Å². The average molecular weight is 209 g/mol. The van der Waals surface area contributed by atoms with Gasteiger partial charge in [-0.25, -0.2) is 0 Å². The van der Waals surface area contributed by atoms with Crippen molar-refractivity contribution in [1.29, 1.82) is 0 Å². The summed E-state index contributed by atoms with van der Waals surface area (Å²) in [6.45, 7) is 1.27. The van der Waals surface area contributed by atoms with Gasteiger partial charge in [0.05, 0.1) is 0 Å². The molecule has 1 aromatic rings. The summed E-state index contributed by atoms with van der Waals surface area (Å²) < 4.78 is 0. The topological polar surface area (TPSA) is 88.2 Å². The molecule has 0 saturated carbocycles. The Morgan fingerprint density at radius 2 is 2.47 bits per heavy atom. The molecule has 0 aliphatic rings. The molecule has 1 rings (SSSR count). The number of aliphatic carboxylic acids is 1. The van der Waals surface area contributed by atoms with Gasteiger partial charge in [0.1, 0.15) is 6.04 Å². The highest BCUT2D eigenvalue weighted by molar-refractivity contribution is 5.72. The Labute approximate surface area is 88.3 Å². The maximum Gasteiger partial charge on any atom is 0.320 e. The molecule has 0 aliphatic heterocycles. The molecular formula is C10H15N3O2. The molecule has 0 radical (unpaired) electrons. The summed E-state index contributed by atoms with van der Waals surface area (Å²) >= 11 is 0. The standard InChI is InChI=1S/C10H15N3O2/c11-9(10(14)15)3-5-13-7-8-2-1-4-12-6-8/h1-2,4,6,9,13H,3,5,7,11H2,(H,14,15). The predicted octanol–water partition coefficient (Wildman–Crippen LogP) is -0.0268. The van der Waals surface area contributed by atoms with Crippen molar-refractivity contribution in [3.8, 4) is 0 Å². The summed E-state index contributed by atoms with van der Waals surface area (Å²) in [5, 5.41) is 11.6. The van der Waals surface area contributed by atoms with Crippen molar-refractivity contribution < 1.29 is 9.90 Å². The fourth-order valence-electron chi connectivity index (χ4n) is 1.12. The van der Waals surface area contributed by atoms with Crippen LogP contribution in [0.15, 0.2) is 24.5 Å². The van der Waals surface area contributed by atoms with E-state index in [1.165, 1.54) is 0 Å². The van der Waals surface area contributed by atoms with E-state index in [0.717, 1.165) is 5.56 Å². The van der Waals surface area contributed by atoms with Gasteiger partial charge in [-0.05, 0) is 24.6 Å². The van der Waals surface area contributed by atoms with E-state index < -0.39 is 12.0 Å². The largest absolute Gasteiger partial charge is 0.480 e. The van der Waals surface area contributed by atoms with Crippen molar-refractivity contribution in [2.75, 3.05) is 6.54 Å². The summed E-state index contributed by atoms with van der Waals surface area (Å²) in [7, 11) is 0. The Morgan fingerprint density at radius 1 is 1.67 bits per heavy atom. The quantitative estimate of drug-likeness (QED) is 0.573. The van der Waals surface area contributed by atoms with E-state index in [0.29, 0.717) is 19.5 Å². The first kappa shape index (κ1) is 11.6. The Kier molecular flexibility index (Phi) is 4.73. The Morgan fingerprint density at radius 3 is 3.07 bits per heavy atom. The number of nitrogens with zero attached hydrogens (tertiary/aromatic N) is 1. The molecule has 0 saturated heterocycles. The van der Waals surface area contributed by atoms with Crippen LogP contribution in [-0.2, 0) is 11.3 Å². The Bertz CT molecular complexity index is 303. The third-order valence-electron chi connectivity index (χ3n) is 2.00. The van der Waals surface area contributed by atoms with Gasteiger partial charge in [-0.1, -0.05) is 6.07 Å². The second-order valence-electron chi connectivity index (χ2n) is 3.27. The first-order chi connectivity index (χ1) is 7.20. The molecule has 0 fully saturated rings. The van der Waals surface area contributed by atoms with Gasteiger partial charge in [-0.15, -0.1) is 0 Å². The molecule has 1 aromatic heterocycles. The van der Waals surface area contributed by atoms with Gasteiger partial charge in [0.15, 0.2) is 0 Å². The molecule has 0 spiro atoms. The van der Waals surface area contributed by atoms with Crippen molar-refractivity contribution in [2.45, 2.75) is 19.0 Å². The minimum atomic E-state index is -0.960. The lowest BCUT2D eigenvalue weighted by atomic mass is 10.2. The van der Waals surface area contributed by atoms with Gasteiger partial charge >= 0.3 is 5.97 Å². The van der Waals surface area contributed by atoms with Crippen molar-refractivity contribution in [1.82, 2.24) is 10.3 Å². The highest BCUT2D eigenvalue weighted by atomic mass is 16.4. The van der Waals surface area contributed by atoms with Gasteiger partial charge in [-0.2, -0.15) is 0 Å². The fourth-order valence-corrected chi connectivity index (χ4v) is 1.12. The lowest BCUT2D eigenvalue weighted by Crippen LogP contribution is -2.33. The summed E-state index contributed by atoms with van der Waals surface area (Å²) in [5.41, 5.74) is 6.41. The van der Waals surface area contributed by atoms with Gasteiger partial charge in [0, 0.05) is 18.9 Å². The van der Waals surface area contributed by atoms with Crippen LogP contribution in [0, 0.1) is 0 Å². The molecule has 5 heteroatoms. The molecule has 82 valence electrons. The number of hydrogen-bond donors (Lipinski definition) is 3. The minimum absolute atomic E-state index is 0.426. The lowest BCUT2D eigenvalue weighted by Gasteiger charge is -2.07. The molecule has 5 nitrogen and oxygen atoms in total. The number of carboxylic acids is 1. The first-order valence-corrected chi connectivity index (χ1v) is 4.78. The summed E-state index contributed by atoms with van der Waals surface area (Å²) in [6.07, 6.45) is 3.91. The highest BCUT2D eigenvalue weighted by Gasteiger charge is 2.09. The fraction of sp³-hybridized carbons (Fsp3) is 0.400. The predicted molar refractivity (Wildman–Crippen MR) is 56.2 cm³/mol. The minimum Gasteiger partial charge on any atom is -0.480 e. The smallest absolute Gasteiger partial charge is 0.320 e. The average Bonchev–Trinajstić information content (AvgIpc) is 2.25. The number of carbonyl (C=O) groups is 1. The number of hydrogen-bond acceptors (Lipinski definition) is 4. The van der Waals surface area contributed by atoms with Gasteiger partial charge < -0.3 is 16.2 Å². The van der Waals surface area contributed by atoms with Crippen LogP contribution in [0.5, 0.6) is 0 Å². The number of rotatable bonds is 6. The normalized spacial score (nSPS) is 12.3. The first-order valence-electron chi connectivity index (χ1n) is 4.78. The van der Waals surface area contributed by atoms with Crippen LogP contribution in [0.4, 0.5) is 0 Å². The molecule has 15 heavy (non-hydrogen) atoms. The van der Waals surface area contributed by atoms with E-state index in [1.54, 1.807) is 12.4 Å². The molecule has 4 N–H and O–H groups in total. The maximum atomic E-state index is 10.4. The molecule has 0 bridgehead atoms. The van der Waals surface area contributed by atoms with Gasteiger partial charge in [-0.3, -0.25) is 9.78 Å². The lowest BCUT2D eigenvalue weighted by molar-refractivity contribution is -0.138. The van der Waals surface area contributed by atoms with Crippen LogP contribution in [0.25, 0.3) is 0 Å². The van der Waals surface area contributed by atoms with E-state index in [-0.39, 0.29) is 0 Å². The zero-order chi connectivity index (χ0) is 11.1. The van der Waals surface area contributed by atoms with Crippen LogP contribution >= 0.6 is 0 Å². The third-order valence-corrected chi connectivity index (χ3v) is 2.00. The number of carboxylic acid groups (broad SMARTS) is 1. The molecule has 0 amide bonds.